The van der Waals surface area contributed by atoms with Crippen molar-refractivity contribution in [2.45, 2.75) is 75.9 Å². The second kappa shape index (κ2) is 7.70. The van der Waals surface area contributed by atoms with E-state index >= 15 is 0 Å². The molecule has 0 radical (unpaired) electrons. The summed E-state index contributed by atoms with van der Waals surface area (Å²) < 4.78 is 25.0. The Bertz CT molecular complexity index is 539. The molecule has 3 rings (SSSR count). The van der Waals surface area contributed by atoms with Crippen LogP contribution in [-0.2, 0) is 14.8 Å². The number of nitrogens with one attached hydrogen (secondary N) is 2. The van der Waals surface area contributed by atoms with Crippen molar-refractivity contribution < 1.29 is 13.2 Å². The van der Waals surface area contributed by atoms with E-state index in [1.165, 1.54) is 19.1 Å². The number of carbonyl (C=O) groups excluding carboxylic acids is 1. The fourth-order valence-corrected chi connectivity index (χ4v) is 5.23. The zero-order valence-electron chi connectivity index (χ0n) is 14.7. The Morgan fingerprint density at radius 2 is 1.88 bits per heavy atom. The molecule has 3 fully saturated rings. The topological polar surface area (TPSA) is 78.5 Å². The molecular formula is C17H31N3O3S. The van der Waals surface area contributed by atoms with E-state index < -0.39 is 10.0 Å². The molecule has 2 N–H and O–H groups in total. The van der Waals surface area contributed by atoms with Crippen LogP contribution in [-0.4, -0.2) is 56.7 Å². The molecule has 0 aromatic rings. The standard InChI is InChI=1S/C17H31N3O3S/c1-24(22,23)18-8-7-16-4-2-3-9-20(16)17(21)12-13-10-14-5-6-15(11-13)19-14/h13-16,18-19H,2-12H2,1H3. The van der Waals surface area contributed by atoms with Crippen LogP contribution in [0.2, 0.25) is 0 Å². The number of hydrogen-bond acceptors (Lipinski definition) is 4. The molecule has 3 unspecified atom stereocenters. The normalized spacial score (nSPS) is 33.6. The molecule has 0 saturated carbocycles. The van der Waals surface area contributed by atoms with Crippen LogP contribution in [0.1, 0.15) is 57.8 Å². The van der Waals surface area contributed by atoms with Crippen molar-refractivity contribution in [1.82, 2.24) is 14.9 Å². The average Bonchev–Trinajstić information content (AvgIpc) is 2.85. The van der Waals surface area contributed by atoms with E-state index in [-0.39, 0.29) is 11.9 Å². The lowest BCUT2D eigenvalue weighted by atomic mass is 9.88. The molecule has 138 valence electrons. The third-order valence-corrected chi connectivity index (χ3v) is 6.55. The Labute approximate surface area is 145 Å². The van der Waals surface area contributed by atoms with Gasteiger partial charge in [-0.25, -0.2) is 13.1 Å². The van der Waals surface area contributed by atoms with Crippen molar-refractivity contribution in [3.63, 3.8) is 0 Å². The highest BCUT2D eigenvalue weighted by molar-refractivity contribution is 7.88. The van der Waals surface area contributed by atoms with Gasteiger partial charge < -0.3 is 10.2 Å². The minimum atomic E-state index is -3.15. The number of sulfonamides is 1. The maximum absolute atomic E-state index is 12.8. The fourth-order valence-electron chi connectivity index (χ4n) is 4.75. The summed E-state index contributed by atoms with van der Waals surface area (Å²) in [6.45, 7) is 1.25. The Morgan fingerprint density at radius 1 is 1.17 bits per heavy atom. The maximum Gasteiger partial charge on any atom is 0.223 e. The first kappa shape index (κ1) is 18.1. The predicted octanol–water partition coefficient (Wildman–Crippen LogP) is 1.23. The molecular weight excluding hydrogens is 326 g/mol. The number of nitrogens with zero attached hydrogens (tertiary/aromatic N) is 1. The Balaban J connectivity index is 1.51. The van der Waals surface area contributed by atoms with Crippen molar-refractivity contribution in [3.8, 4) is 0 Å². The number of amides is 1. The number of fused-ring (bicyclic) bond motifs is 2. The molecule has 0 aromatic heterocycles. The average molecular weight is 358 g/mol. The second-order valence-corrected chi connectivity index (χ2v) is 9.70. The smallest absolute Gasteiger partial charge is 0.223 e. The molecule has 0 spiro atoms. The highest BCUT2D eigenvalue weighted by Gasteiger charge is 2.36. The van der Waals surface area contributed by atoms with Crippen LogP contribution in [0, 0.1) is 5.92 Å². The van der Waals surface area contributed by atoms with Gasteiger partial charge in [-0.2, -0.15) is 0 Å². The highest BCUT2D eigenvalue weighted by atomic mass is 32.2. The van der Waals surface area contributed by atoms with Crippen LogP contribution < -0.4 is 10.0 Å². The molecule has 3 aliphatic heterocycles. The zero-order chi connectivity index (χ0) is 17.2. The first-order chi connectivity index (χ1) is 11.4. The van der Waals surface area contributed by atoms with Crippen molar-refractivity contribution in [3.05, 3.63) is 0 Å². The molecule has 2 bridgehead atoms. The lowest BCUT2D eigenvalue weighted by molar-refractivity contribution is -0.136. The first-order valence-corrected chi connectivity index (χ1v) is 11.3. The van der Waals surface area contributed by atoms with Gasteiger partial charge in [-0.05, 0) is 57.3 Å². The SMILES string of the molecule is CS(=O)(=O)NCCC1CCCCN1C(=O)CC1CC2CCC(C1)N2. The molecule has 7 heteroatoms. The van der Waals surface area contributed by atoms with Crippen LogP contribution in [0.15, 0.2) is 0 Å². The van der Waals surface area contributed by atoms with Gasteiger partial charge in [0, 0.05) is 37.6 Å². The monoisotopic (exact) mass is 357 g/mol. The van der Waals surface area contributed by atoms with Crippen molar-refractivity contribution >= 4 is 15.9 Å². The summed E-state index contributed by atoms with van der Waals surface area (Å²) in [7, 11) is -3.15. The van der Waals surface area contributed by atoms with E-state index in [0.29, 0.717) is 31.0 Å². The van der Waals surface area contributed by atoms with E-state index in [1.807, 2.05) is 4.90 Å². The molecule has 0 aliphatic carbocycles. The van der Waals surface area contributed by atoms with Gasteiger partial charge in [-0.3, -0.25) is 4.79 Å². The molecule has 1 amide bonds. The predicted molar refractivity (Wildman–Crippen MR) is 94.1 cm³/mol. The van der Waals surface area contributed by atoms with Crippen molar-refractivity contribution in [2.75, 3.05) is 19.3 Å². The lowest BCUT2D eigenvalue weighted by Gasteiger charge is -2.38. The zero-order valence-corrected chi connectivity index (χ0v) is 15.5. The molecule has 6 nitrogen and oxygen atoms in total. The van der Waals surface area contributed by atoms with Crippen LogP contribution in [0.25, 0.3) is 0 Å². The summed E-state index contributed by atoms with van der Waals surface area (Å²) in [6.07, 6.45) is 10.6. The minimum absolute atomic E-state index is 0.193. The van der Waals surface area contributed by atoms with Crippen LogP contribution >= 0.6 is 0 Å². The number of likely N-dealkylation sites (tertiary alicyclic amines) is 1. The summed E-state index contributed by atoms with van der Waals surface area (Å²) >= 11 is 0. The van der Waals surface area contributed by atoms with E-state index in [4.69, 9.17) is 0 Å². The van der Waals surface area contributed by atoms with Crippen LogP contribution in [0.5, 0.6) is 0 Å². The van der Waals surface area contributed by atoms with E-state index in [0.717, 1.165) is 45.1 Å². The molecule has 24 heavy (non-hydrogen) atoms. The number of rotatable bonds is 6. The summed E-state index contributed by atoms with van der Waals surface area (Å²) in [6, 6.07) is 1.44. The first-order valence-electron chi connectivity index (χ1n) is 9.41. The van der Waals surface area contributed by atoms with Gasteiger partial charge in [0.2, 0.25) is 15.9 Å². The molecule has 3 atom stereocenters. The molecule has 3 heterocycles. The fraction of sp³-hybridized carbons (Fsp3) is 0.941. The maximum atomic E-state index is 12.8. The van der Waals surface area contributed by atoms with Gasteiger partial charge in [0.05, 0.1) is 6.26 Å². The van der Waals surface area contributed by atoms with Gasteiger partial charge in [0.1, 0.15) is 0 Å². The lowest BCUT2D eigenvalue weighted by Crippen LogP contribution is -2.46. The second-order valence-electron chi connectivity index (χ2n) is 7.87. The number of hydrogen-bond donors (Lipinski definition) is 2. The van der Waals surface area contributed by atoms with Crippen LogP contribution in [0.3, 0.4) is 0 Å². The highest BCUT2D eigenvalue weighted by Crippen LogP contribution is 2.33. The van der Waals surface area contributed by atoms with Gasteiger partial charge >= 0.3 is 0 Å². The Kier molecular flexibility index (Phi) is 5.82. The third-order valence-electron chi connectivity index (χ3n) is 5.82. The van der Waals surface area contributed by atoms with Gasteiger partial charge in [-0.1, -0.05) is 0 Å². The third kappa shape index (κ3) is 4.92. The molecule has 3 aliphatic rings. The van der Waals surface area contributed by atoms with Gasteiger partial charge in [0.25, 0.3) is 0 Å². The Morgan fingerprint density at radius 3 is 2.54 bits per heavy atom. The summed E-state index contributed by atoms with van der Waals surface area (Å²) in [4.78, 5) is 14.9. The van der Waals surface area contributed by atoms with Gasteiger partial charge in [-0.15, -0.1) is 0 Å². The largest absolute Gasteiger partial charge is 0.340 e. The summed E-state index contributed by atoms with van der Waals surface area (Å²) in [5.41, 5.74) is 0. The van der Waals surface area contributed by atoms with E-state index in [9.17, 15) is 13.2 Å². The molecule has 3 saturated heterocycles. The number of carbonyl (C=O) groups is 1. The van der Waals surface area contributed by atoms with Crippen molar-refractivity contribution in [1.29, 1.82) is 0 Å². The summed E-state index contributed by atoms with van der Waals surface area (Å²) in [5.74, 6) is 0.804. The van der Waals surface area contributed by atoms with Crippen molar-refractivity contribution in [2.24, 2.45) is 5.92 Å². The quantitative estimate of drug-likeness (QED) is 0.749. The Hall–Kier alpha value is -0.660. The summed E-state index contributed by atoms with van der Waals surface area (Å²) in [5, 5.41) is 3.63. The number of piperidine rings is 2. The van der Waals surface area contributed by atoms with Crippen LogP contribution in [0.4, 0.5) is 0 Å². The van der Waals surface area contributed by atoms with E-state index in [1.54, 1.807) is 0 Å². The molecule has 0 aromatic carbocycles. The van der Waals surface area contributed by atoms with Gasteiger partial charge in [0.15, 0.2) is 0 Å². The van der Waals surface area contributed by atoms with E-state index in [2.05, 4.69) is 10.0 Å². The minimum Gasteiger partial charge on any atom is -0.340 e.